The minimum absolute atomic E-state index is 0.654. The van der Waals surface area contributed by atoms with Crippen molar-refractivity contribution in [3.05, 3.63) is 0 Å². The van der Waals surface area contributed by atoms with Crippen molar-refractivity contribution in [3.63, 3.8) is 0 Å². The third-order valence-corrected chi connectivity index (χ3v) is 3.33. The Balaban J connectivity index is 1.58. The molecule has 2 rings (SSSR count). The molecule has 0 atom stereocenters. The predicted octanol–water partition coefficient (Wildman–Crippen LogP) is 0.836. The molecule has 0 unspecified atom stereocenters. The van der Waals surface area contributed by atoms with Crippen LogP contribution < -0.4 is 5.73 Å². The lowest BCUT2D eigenvalue weighted by atomic mass is 9.98. The summed E-state index contributed by atoms with van der Waals surface area (Å²) in [6, 6.07) is 0.945. The summed E-state index contributed by atoms with van der Waals surface area (Å²) in [5, 5.41) is 0. The number of hydrogen-bond donors (Lipinski definition) is 1. The van der Waals surface area contributed by atoms with Gasteiger partial charge in [-0.15, -0.1) is 0 Å². The molecule has 0 aromatic carbocycles. The van der Waals surface area contributed by atoms with E-state index >= 15 is 0 Å². The fourth-order valence-electron chi connectivity index (χ4n) is 2.26. The van der Waals surface area contributed by atoms with Gasteiger partial charge < -0.3 is 15.4 Å². The second kappa shape index (κ2) is 5.10. The number of likely N-dealkylation sites (tertiary alicyclic amines) is 1. The minimum Gasteiger partial charge on any atom is -0.380 e. The summed E-state index contributed by atoms with van der Waals surface area (Å²) in [5.74, 6) is 0.788. The average molecular weight is 198 g/mol. The van der Waals surface area contributed by atoms with Crippen LogP contribution in [0.3, 0.4) is 0 Å². The zero-order valence-electron chi connectivity index (χ0n) is 8.95. The fourth-order valence-corrected chi connectivity index (χ4v) is 2.26. The van der Waals surface area contributed by atoms with Crippen LogP contribution in [0.15, 0.2) is 0 Å². The lowest BCUT2D eigenvalue weighted by molar-refractivity contribution is 0.0692. The van der Waals surface area contributed by atoms with E-state index in [9.17, 15) is 0 Å². The maximum atomic E-state index is 5.49. The van der Waals surface area contributed by atoms with Crippen LogP contribution in [0.2, 0.25) is 0 Å². The summed E-state index contributed by atoms with van der Waals surface area (Å²) < 4.78 is 5.49. The van der Waals surface area contributed by atoms with E-state index in [0.717, 1.165) is 25.2 Å². The Labute approximate surface area is 86.6 Å². The Morgan fingerprint density at radius 3 is 2.43 bits per heavy atom. The Kier molecular flexibility index (Phi) is 3.79. The minimum atomic E-state index is 0.654. The molecule has 2 aliphatic rings. The highest BCUT2D eigenvalue weighted by Gasteiger charge is 2.31. The Bertz CT molecular complexity index is 163. The average Bonchev–Trinajstić information content (AvgIpc) is 3.03. The van der Waals surface area contributed by atoms with Crippen LogP contribution in [-0.4, -0.2) is 43.8 Å². The number of ether oxygens (including phenoxy) is 1. The Hall–Kier alpha value is -0.120. The van der Waals surface area contributed by atoms with Gasteiger partial charge in [-0.05, 0) is 44.7 Å². The zero-order valence-corrected chi connectivity index (χ0v) is 8.95. The largest absolute Gasteiger partial charge is 0.380 e. The zero-order chi connectivity index (χ0) is 9.80. The molecule has 1 aliphatic carbocycles. The lowest BCUT2D eigenvalue weighted by Crippen LogP contribution is -2.36. The van der Waals surface area contributed by atoms with Gasteiger partial charge in [-0.25, -0.2) is 0 Å². The van der Waals surface area contributed by atoms with Crippen LogP contribution in [0.4, 0.5) is 0 Å². The second-order valence-electron chi connectivity index (χ2n) is 4.57. The van der Waals surface area contributed by atoms with Gasteiger partial charge in [-0.3, -0.25) is 0 Å². The first-order chi connectivity index (χ1) is 6.90. The maximum Gasteiger partial charge on any atom is 0.0588 e. The van der Waals surface area contributed by atoms with E-state index in [-0.39, 0.29) is 0 Å². The Morgan fingerprint density at radius 2 is 1.86 bits per heavy atom. The van der Waals surface area contributed by atoms with Crippen LogP contribution >= 0.6 is 0 Å². The second-order valence-corrected chi connectivity index (χ2v) is 4.57. The maximum absolute atomic E-state index is 5.49. The summed E-state index contributed by atoms with van der Waals surface area (Å²) >= 11 is 0. The van der Waals surface area contributed by atoms with E-state index in [1.807, 2.05) is 0 Å². The number of rotatable bonds is 5. The first-order valence-electron chi connectivity index (χ1n) is 5.92. The molecule has 0 aromatic heterocycles. The molecular weight excluding hydrogens is 176 g/mol. The van der Waals surface area contributed by atoms with Crippen molar-refractivity contribution < 1.29 is 4.74 Å². The number of piperidine rings is 1. The quantitative estimate of drug-likeness (QED) is 0.665. The summed E-state index contributed by atoms with van der Waals surface area (Å²) in [6.07, 6.45) is 5.52. The van der Waals surface area contributed by atoms with Crippen LogP contribution in [0.25, 0.3) is 0 Å². The van der Waals surface area contributed by atoms with Gasteiger partial charge in [-0.2, -0.15) is 0 Å². The molecule has 3 nitrogen and oxygen atoms in total. The van der Waals surface area contributed by atoms with E-state index in [0.29, 0.717) is 6.54 Å². The first kappa shape index (κ1) is 10.4. The monoisotopic (exact) mass is 198 g/mol. The molecule has 0 amide bonds. The number of nitrogens with two attached hydrogens (primary N) is 1. The van der Waals surface area contributed by atoms with E-state index in [4.69, 9.17) is 10.5 Å². The van der Waals surface area contributed by atoms with Gasteiger partial charge in [0.1, 0.15) is 0 Å². The Morgan fingerprint density at radius 1 is 1.14 bits per heavy atom. The van der Waals surface area contributed by atoms with Crippen molar-refractivity contribution in [2.24, 2.45) is 11.7 Å². The summed E-state index contributed by atoms with van der Waals surface area (Å²) in [4.78, 5) is 2.65. The molecule has 0 aromatic rings. The van der Waals surface area contributed by atoms with Crippen molar-refractivity contribution in [1.82, 2.24) is 4.90 Å². The van der Waals surface area contributed by atoms with Crippen LogP contribution in [0, 0.1) is 5.92 Å². The van der Waals surface area contributed by atoms with Crippen LogP contribution in [-0.2, 0) is 4.74 Å². The van der Waals surface area contributed by atoms with Crippen LogP contribution in [0.5, 0.6) is 0 Å². The smallest absolute Gasteiger partial charge is 0.0588 e. The van der Waals surface area contributed by atoms with Gasteiger partial charge in [0.15, 0.2) is 0 Å². The van der Waals surface area contributed by atoms with Gasteiger partial charge in [0.2, 0.25) is 0 Å². The van der Waals surface area contributed by atoms with Gasteiger partial charge in [0.25, 0.3) is 0 Å². The molecule has 3 heteroatoms. The predicted molar refractivity (Wildman–Crippen MR) is 57.2 cm³/mol. The number of nitrogens with zero attached hydrogens (tertiary/aromatic N) is 1. The normalized spacial score (nSPS) is 25.5. The van der Waals surface area contributed by atoms with Gasteiger partial charge >= 0.3 is 0 Å². The molecule has 1 heterocycles. The first-order valence-corrected chi connectivity index (χ1v) is 5.92. The van der Waals surface area contributed by atoms with Crippen molar-refractivity contribution in [2.45, 2.75) is 31.7 Å². The highest BCUT2D eigenvalue weighted by molar-refractivity contribution is 4.87. The highest BCUT2D eigenvalue weighted by atomic mass is 16.5. The molecule has 2 fully saturated rings. The standard InChI is InChI=1S/C11H22N2O/c12-5-8-14-9-10-3-6-13(7-4-10)11-1-2-11/h10-11H,1-9,12H2. The molecule has 0 radical (unpaired) electrons. The van der Waals surface area contributed by atoms with Gasteiger partial charge in [0, 0.05) is 19.2 Å². The van der Waals surface area contributed by atoms with Gasteiger partial charge in [0.05, 0.1) is 6.61 Å². The third-order valence-electron chi connectivity index (χ3n) is 3.33. The molecule has 0 spiro atoms. The van der Waals surface area contributed by atoms with E-state index < -0.39 is 0 Å². The summed E-state index contributed by atoms with van der Waals surface area (Å²) in [5.41, 5.74) is 5.38. The van der Waals surface area contributed by atoms with E-state index in [1.54, 1.807) is 0 Å². The van der Waals surface area contributed by atoms with Gasteiger partial charge in [-0.1, -0.05) is 0 Å². The number of hydrogen-bond acceptors (Lipinski definition) is 3. The topological polar surface area (TPSA) is 38.5 Å². The summed E-state index contributed by atoms with van der Waals surface area (Å²) in [7, 11) is 0. The molecule has 2 N–H and O–H groups in total. The summed E-state index contributed by atoms with van der Waals surface area (Å²) in [6.45, 7) is 4.89. The van der Waals surface area contributed by atoms with E-state index in [2.05, 4.69) is 4.90 Å². The lowest BCUT2D eigenvalue weighted by Gasteiger charge is -2.31. The molecule has 14 heavy (non-hydrogen) atoms. The van der Waals surface area contributed by atoms with Crippen molar-refractivity contribution in [3.8, 4) is 0 Å². The van der Waals surface area contributed by atoms with E-state index in [1.165, 1.54) is 38.8 Å². The van der Waals surface area contributed by atoms with Crippen molar-refractivity contribution in [2.75, 3.05) is 32.8 Å². The molecule has 0 bridgehead atoms. The molecule has 1 saturated heterocycles. The third kappa shape index (κ3) is 2.94. The fraction of sp³-hybridized carbons (Fsp3) is 1.00. The van der Waals surface area contributed by atoms with Crippen LogP contribution in [0.1, 0.15) is 25.7 Å². The molecule has 82 valence electrons. The molecular formula is C11H22N2O. The molecule has 1 aliphatic heterocycles. The molecule has 1 saturated carbocycles. The van der Waals surface area contributed by atoms with Crippen molar-refractivity contribution >= 4 is 0 Å². The SMILES string of the molecule is NCCOCC1CCN(C2CC2)CC1. The highest BCUT2D eigenvalue weighted by Crippen LogP contribution is 2.30. The van der Waals surface area contributed by atoms with Crippen molar-refractivity contribution in [1.29, 1.82) is 0 Å².